The van der Waals surface area contributed by atoms with Gasteiger partial charge >= 0.3 is 5.97 Å². The van der Waals surface area contributed by atoms with Crippen LogP contribution < -0.4 is 0 Å². The zero-order valence-electron chi connectivity index (χ0n) is 10.7. The molecule has 0 spiro atoms. The number of thiol groups is 1. The number of ether oxygens (including phenoxy) is 1. The largest absolute Gasteiger partial charge is 0.464 e. The average Bonchev–Trinajstić information content (AvgIpc) is 2.31. The van der Waals surface area contributed by atoms with E-state index >= 15 is 0 Å². The smallest absolute Gasteiger partial charge is 0.312 e. The van der Waals surface area contributed by atoms with Gasteiger partial charge in [-0.2, -0.15) is 12.6 Å². The molecule has 3 nitrogen and oxygen atoms in total. The molecule has 0 aromatic carbocycles. The van der Waals surface area contributed by atoms with Crippen molar-refractivity contribution >= 4 is 24.4 Å². The normalized spacial score (nSPS) is 43.0. The highest BCUT2D eigenvalue weighted by atomic mass is 32.1. The summed E-state index contributed by atoms with van der Waals surface area (Å²) >= 11 is 4.23. The zero-order valence-corrected chi connectivity index (χ0v) is 11.6. The molecule has 4 bridgehead atoms. The number of hydrogen-bond acceptors (Lipinski definition) is 4. The van der Waals surface area contributed by atoms with Gasteiger partial charge in [-0.15, -0.1) is 0 Å². The summed E-state index contributed by atoms with van der Waals surface area (Å²) in [5.74, 6) is 1.18. The Morgan fingerprint density at radius 3 is 2.56 bits per heavy atom. The molecule has 4 fully saturated rings. The summed E-state index contributed by atoms with van der Waals surface area (Å²) in [4.78, 5) is 24.4. The van der Waals surface area contributed by atoms with Gasteiger partial charge in [-0.3, -0.25) is 9.59 Å². The first-order valence-electron chi connectivity index (χ1n) is 6.89. The SMILES string of the molecule is C[C@@H](S)COC(=O)C12CC3CC(C1)C(=O)C(C3)C2. The van der Waals surface area contributed by atoms with Crippen LogP contribution in [-0.2, 0) is 14.3 Å². The molecule has 4 aliphatic carbocycles. The van der Waals surface area contributed by atoms with E-state index in [-0.39, 0.29) is 28.5 Å². The van der Waals surface area contributed by atoms with Gasteiger partial charge in [-0.1, -0.05) is 6.92 Å². The van der Waals surface area contributed by atoms with Crippen molar-refractivity contribution in [3.8, 4) is 0 Å². The summed E-state index contributed by atoms with van der Waals surface area (Å²) in [6.45, 7) is 2.29. The Kier molecular flexibility index (Phi) is 2.96. The van der Waals surface area contributed by atoms with Crippen LogP contribution in [0.3, 0.4) is 0 Å². The maximum Gasteiger partial charge on any atom is 0.312 e. The molecule has 0 radical (unpaired) electrons. The molecule has 4 rings (SSSR count). The van der Waals surface area contributed by atoms with Gasteiger partial charge in [0.1, 0.15) is 12.4 Å². The average molecular weight is 268 g/mol. The van der Waals surface area contributed by atoms with Gasteiger partial charge < -0.3 is 4.74 Å². The summed E-state index contributed by atoms with van der Waals surface area (Å²) in [6.07, 6.45) is 4.42. The Hall–Kier alpha value is -0.510. The minimum absolute atomic E-state index is 0.0736. The number of carbonyl (C=O) groups excluding carboxylic acids is 2. The summed E-state index contributed by atoms with van der Waals surface area (Å²) in [5.41, 5.74) is -0.340. The van der Waals surface area contributed by atoms with Crippen molar-refractivity contribution in [2.75, 3.05) is 6.61 Å². The maximum absolute atomic E-state index is 12.3. The lowest BCUT2D eigenvalue weighted by Crippen LogP contribution is -2.55. The second-order valence-electron chi connectivity index (χ2n) is 6.47. The lowest BCUT2D eigenvalue weighted by Gasteiger charge is -2.53. The second kappa shape index (κ2) is 4.26. The van der Waals surface area contributed by atoms with E-state index in [0.29, 0.717) is 18.3 Å². The van der Waals surface area contributed by atoms with Crippen LogP contribution in [0.1, 0.15) is 39.0 Å². The minimum atomic E-state index is -0.340. The van der Waals surface area contributed by atoms with E-state index in [9.17, 15) is 9.59 Å². The minimum Gasteiger partial charge on any atom is -0.464 e. The van der Waals surface area contributed by atoms with Crippen molar-refractivity contribution < 1.29 is 14.3 Å². The molecule has 0 N–H and O–H groups in total. The molecule has 0 amide bonds. The first-order valence-corrected chi connectivity index (χ1v) is 7.41. The van der Waals surface area contributed by atoms with Crippen LogP contribution in [0.5, 0.6) is 0 Å². The van der Waals surface area contributed by atoms with E-state index in [4.69, 9.17) is 4.74 Å². The summed E-state index contributed by atoms with van der Waals surface area (Å²) in [7, 11) is 0. The van der Waals surface area contributed by atoms with Crippen LogP contribution in [0.2, 0.25) is 0 Å². The molecule has 0 aromatic rings. The Morgan fingerprint density at radius 1 is 1.39 bits per heavy atom. The van der Waals surface area contributed by atoms with Gasteiger partial charge in [-0.05, 0) is 38.0 Å². The van der Waals surface area contributed by atoms with Gasteiger partial charge in [0, 0.05) is 17.1 Å². The van der Waals surface area contributed by atoms with Crippen molar-refractivity contribution in [3.63, 3.8) is 0 Å². The fourth-order valence-electron chi connectivity index (χ4n) is 4.35. The topological polar surface area (TPSA) is 43.4 Å². The van der Waals surface area contributed by atoms with Crippen molar-refractivity contribution in [3.05, 3.63) is 0 Å². The van der Waals surface area contributed by atoms with Crippen LogP contribution >= 0.6 is 12.6 Å². The van der Waals surface area contributed by atoms with E-state index in [1.54, 1.807) is 0 Å². The number of hydrogen-bond donors (Lipinski definition) is 1. The van der Waals surface area contributed by atoms with E-state index in [2.05, 4.69) is 12.6 Å². The number of rotatable bonds is 3. The van der Waals surface area contributed by atoms with Crippen LogP contribution in [0.4, 0.5) is 0 Å². The third-order valence-corrected chi connectivity index (χ3v) is 5.03. The molecule has 0 heterocycles. The molecule has 100 valence electrons. The standard InChI is InChI=1S/C14H20O3S/c1-8(18)7-17-13(16)14-4-9-2-10(5-14)12(15)11(3-9)6-14/h8-11,18H,2-7H2,1H3/t8-,9?,10?,11?,14?/m1/s1. The van der Waals surface area contributed by atoms with Crippen LogP contribution in [0, 0.1) is 23.2 Å². The van der Waals surface area contributed by atoms with E-state index in [0.717, 1.165) is 32.1 Å². The van der Waals surface area contributed by atoms with E-state index < -0.39 is 0 Å². The number of carbonyl (C=O) groups is 2. The molecule has 0 aliphatic heterocycles. The molecular formula is C14H20O3S. The molecular weight excluding hydrogens is 248 g/mol. The number of Topliss-reactive ketones (excluding diaryl/α,β-unsaturated/α-hetero) is 1. The maximum atomic E-state index is 12.3. The van der Waals surface area contributed by atoms with Crippen LogP contribution in [-0.4, -0.2) is 23.6 Å². The predicted molar refractivity (Wildman–Crippen MR) is 70.4 cm³/mol. The van der Waals surface area contributed by atoms with Crippen molar-refractivity contribution in [2.45, 2.75) is 44.3 Å². The molecule has 4 saturated carbocycles. The van der Waals surface area contributed by atoms with E-state index in [1.165, 1.54) is 0 Å². The van der Waals surface area contributed by atoms with Crippen molar-refractivity contribution in [1.82, 2.24) is 0 Å². The van der Waals surface area contributed by atoms with Crippen LogP contribution in [0.15, 0.2) is 0 Å². The van der Waals surface area contributed by atoms with Gasteiger partial charge in [0.2, 0.25) is 0 Å². The first kappa shape index (κ1) is 12.5. The second-order valence-corrected chi connectivity index (χ2v) is 7.36. The summed E-state index contributed by atoms with van der Waals surface area (Å²) < 4.78 is 5.40. The Balaban J connectivity index is 1.75. The lowest BCUT2D eigenvalue weighted by molar-refractivity contribution is -0.174. The van der Waals surface area contributed by atoms with Gasteiger partial charge in [0.15, 0.2) is 0 Å². The number of esters is 1. The van der Waals surface area contributed by atoms with E-state index in [1.807, 2.05) is 6.92 Å². The quantitative estimate of drug-likeness (QED) is 0.630. The number of ketones is 1. The fraction of sp³-hybridized carbons (Fsp3) is 0.857. The molecule has 4 aliphatic rings. The molecule has 0 aromatic heterocycles. The summed E-state index contributed by atoms with van der Waals surface area (Å²) in [5, 5.41) is 0.0736. The highest BCUT2D eigenvalue weighted by molar-refractivity contribution is 7.80. The highest BCUT2D eigenvalue weighted by Crippen LogP contribution is 2.59. The van der Waals surface area contributed by atoms with Crippen molar-refractivity contribution in [1.29, 1.82) is 0 Å². The molecule has 18 heavy (non-hydrogen) atoms. The first-order chi connectivity index (χ1) is 8.50. The van der Waals surface area contributed by atoms with Gasteiger partial charge in [0.25, 0.3) is 0 Å². The van der Waals surface area contributed by atoms with Crippen LogP contribution in [0.25, 0.3) is 0 Å². The molecule has 4 heteroatoms. The monoisotopic (exact) mass is 268 g/mol. The Labute approximate surface area is 113 Å². The molecule has 3 atom stereocenters. The third-order valence-electron chi connectivity index (χ3n) is 4.88. The Bertz CT molecular complexity index is 373. The predicted octanol–water partition coefficient (Wildman–Crippen LogP) is 2.24. The third kappa shape index (κ3) is 1.89. The molecule has 0 saturated heterocycles. The zero-order chi connectivity index (χ0) is 12.9. The van der Waals surface area contributed by atoms with Gasteiger partial charge in [-0.25, -0.2) is 0 Å². The van der Waals surface area contributed by atoms with Gasteiger partial charge in [0.05, 0.1) is 5.41 Å². The highest BCUT2D eigenvalue weighted by Gasteiger charge is 2.58. The lowest BCUT2D eigenvalue weighted by atomic mass is 9.49. The molecule has 2 unspecified atom stereocenters. The Morgan fingerprint density at radius 2 is 2.00 bits per heavy atom. The summed E-state index contributed by atoms with van der Waals surface area (Å²) in [6, 6.07) is 0. The fourth-order valence-corrected chi connectivity index (χ4v) is 4.42. The van der Waals surface area contributed by atoms with Crippen molar-refractivity contribution in [2.24, 2.45) is 23.2 Å².